The number of aryl methyl sites for hydroxylation is 1. The average molecular weight is 228 g/mol. The van der Waals surface area contributed by atoms with Crippen molar-refractivity contribution >= 4 is 22.6 Å². The fourth-order valence-electron chi connectivity index (χ4n) is 1.13. The molecule has 1 unspecified atom stereocenters. The quantitative estimate of drug-likeness (QED) is 0.792. The highest BCUT2D eigenvalue weighted by molar-refractivity contribution is 7.09. The summed E-state index contributed by atoms with van der Waals surface area (Å²) in [6.45, 7) is 4.30. The van der Waals surface area contributed by atoms with E-state index in [0.717, 1.165) is 12.8 Å². The molecule has 1 aromatic rings. The second-order valence-electron chi connectivity index (χ2n) is 3.47. The molecule has 1 amide bonds. The number of nitrogens with one attached hydrogen (secondary N) is 1. The van der Waals surface area contributed by atoms with Gasteiger partial charge in [0.2, 0.25) is 11.0 Å². The first-order valence-corrected chi connectivity index (χ1v) is 5.72. The minimum absolute atomic E-state index is 0.0143. The van der Waals surface area contributed by atoms with Crippen molar-refractivity contribution < 1.29 is 4.79 Å². The lowest BCUT2D eigenvalue weighted by Crippen LogP contribution is -2.21. The third-order valence-electron chi connectivity index (χ3n) is 2.05. The summed E-state index contributed by atoms with van der Waals surface area (Å²) in [5, 5.41) is 3.30. The molecule has 3 N–H and O–H groups in total. The highest BCUT2D eigenvalue weighted by Gasteiger charge is 2.13. The van der Waals surface area contributed by atoms with Crippen LogP contribution in [0.15, 0.2) is 0 Å². The highest BCUT2D eigenvalue weighted by Crippen LogP contribution is 2.13. The molecule has 0 aliphatic heterocycles. The topological polar surface area (TPSA) is 80.9 Å². The van der Waals surface area contributed by atoms with Crippen LogP contribution in [-0.4, -0.2) is 21.8 Å². The Bertz CT molecular complexity index is 326. The maximum absolute atomic E-state index is 11.6. The van der Waals surface area contributed by atoms with Crippen molar-refractivity contribution in [3.8, 4) is 0 Å². The van der Waals surface area contributed by atoms with Gasteiger partial charge in [-0.2, -0.15) is 4.37 Å². The van der Waals surface area contributed by atoms with Crippen molar-refractivity contribution in [1.29, 1.82) is 0 Å². The molecule has 6 heteroatoms. The van der Waals surface area contributed by atoms with Gasteiger partial charge in [-0.3, -0.25) is 4.79 Å². The van der Waals surface area contributed by atoms with E-state index in [-0.39, 0.29) is 11.8 Å². The zero-order valence-electron chi connectivity index (χ0n) is 8.99. The standard InChI is InChI=1S/C9H16N4OS/c1-6(4-3-5-10)8(14)12-9-11-7(2)13-15-9/h6H,3-5,10H2,1-2H3,(H,11,12,13,14). The number of hydrogen-bond donors (Lipinski definition) is 2. The van der Waals surface area contributed by atoms with Crippen LogP contribution in [0.1, 0.15) is 25.6 Å². The van der Waals surface area contributed by atoms with Crippen LogP contribution in [-0.2, 0) is 4.79 Å². The van der Waals surface area contributed by atoms with Crippen molar-refractivity contribution in [3.63, 3.8) is 0 Å². The van der Waals surface area contributed by atoms with E-state index in [1.807, 2.05) is 6.92 Å². The van der Waals surface area contributed by atoms with E-state index in [1.54, 1.807) is 6.92 Å². The monoisotopic (exact) mass is 228 g/mol. The van der Waals surface area contributed by atoms with E-state index < -0.39 is 0 Å². The Balaban J connectivity index is 2.41. The number of hydrogen-bond acceptors (Lipinski definition) is 5. The molecule has 0 radical (unpaired) electrons. The Morgan fingerprint density at radius 3 is 2.93 bits per heavy atom. The van der Waals surface area contributed by atoms with Crippen LogP contribution < -0.4 is 11.1 Å². The van der Waals surface area contributed by atoms with Crippen molar-refractivity contribution in [1.82, 2.24) is 9.36 Å². The Labute approximate surface area is 93.3 Å². The number of nitrogens with zero attached hydrogens (tertiary/aromatic N) is 2. The SMILES string of the molecule is Cc1nsc(NC(=O)C(C)CCCN)n1. The smallest absolute Gasteiger partial charge is 0.229 e. The first kappa shape index (κ1) is 12.1. The van der Waals surface area contributed by atoms with Crippen LogP contribution in [0.3, 0.4) is 0 Å². The average Bonchev–Trinajstić information content (AvgIpc) is 2.60. The number of nitrogens with two attached hydrogens (primary N) is 1. The Morgan fingerprint density at radius 1 is 1.67 bits per heavy atom. The van der Waals surface area contributed by atoms with Crippen molar-refractivity contribution in [3.05, 3.63) is 5.82 Å². The normalized spacial score (nSPS) is 12.5. The number of carbonyl (C=O) groups is 1. The zero-order valence-corrected chi connectivity index (χ0v) is 9.80. The minimum atomic E-state index is -0.0299. The van der Waals surface area contributed by atoms with Gasteiger partial charge in [0, 0.05) is 17.5 Å². The van der Waals surface area contributed by atoms with Crippen molar-refractivity contribution in [2.75, 3.05) is 11.9 Å². The van der Waals surface area contributed by atoms with Gasteiger partial charge in [0.05, 0.1) is 0 Å². The molecular weight excluding hydrogens is 212 g/mol. The molecule has 1 aromatic heterocycles. The Morgan fingerprint density at radius 2 is 2.40 bits per heavy atom. The molecule has 5 nitrogen and oxygen atoms in total. The van der Waals surface area contributed by atoms with Gasteiger partial charge in [-0.15, -0.1) is 0 Å². The van der Waals surface area contributed by atoms with Crippen molar-refractivity contribution in [2.24, 2.45) is 11.7 Å². The molecule has 0 spiro atoms. The zero-order chi connectivity index (χ0) is 11.3. The number of aromatic nitrogens is 2. The lowest BCUT2D eigenvalue weighted by atomic mass is 10.1. The Hall–Kier alpha value is -1.01. The number of carbonyl (C=O) groups excluding carboxylic acids is 1. The number of anilines is 1. The van der Waals surface area contributed by atoms with Gasteiger partial charge in [0.15, 0.2) is 0 Å². The van der Waals surface area contributed by atoms with Crippen LogP contribution in [0.4, 0.5) is 5.13 Å². The molecule has 0 saturated heterocycles. The molecule has 1 heterocycles. The fraction of sp³-hybridized carbons (Fsp3) is 0.667. The molecule has 0 aromatic carbocycles. The summed E-state index contributed by atoms with van der Waals surface area (Å²) in [6, 6.07) is 0. The van der Waals surface area contributed by atoms with Gasteiger partial charge in [0.25, 0.3) is 0 Å². The fourth-order valence-corrected chi connectivity index (χ4v) is 1.71. The second kappa shape index (κ2) is 5.77. The second-order valence-corrected chi connectivity index (χ2v) is 4.22. The predicted octanol–water partition coefficient (Wildman–Crippen LogP) is 1.16. The molecule has 15 heavy (non-hydrogen) atoms. The van der Waals surface area contributed by atoms with E-state index in [1.165, 1.54) is 11.5 Å². The largest absolute Gasteiger partial charge is 0.330 e. The summed E-state index contributed by atoms with van der Waals surface area (Å²) in [7, 11) is 0. The van der Waals surface area contributed by atoms with Crippen molar-refractivity contribution in [2.45, 2.75) is 26.7 Å². The number of amides is 1. The van der Waals surface area contributed by atoms with Gasteiger partial charge >= 0.3 is 0 Å². The molecule has 1 rings (SSSR count). The maximum Gasteiger partial charge on any atom is 0.229 e. The molecule has 0 bridgehead atoms. The van der Waals surface area contributed by atoms with Crippen LogP contribution >= 0.6 is 11.5 Å². The predicted molar refractivity (Wildman–Crippen MR) is 60.7 cm³/mol. The molecule has 0 aliphatic carbocycles. The maximum atomic E-state index is 11.6. The molecule has 1 atom stereocenters. The van der Waals surface area contributed by atoms with Crippen LogP contribution in [0, 0.1) is 12.8 Å². The van der Waals surface area contributed by atoms with Crippen LogP contribution in [0.25, 0.3) is 0 Å². The molecule has 84 valence electrons. The van der Waals surface area contributed by atoms with E-state index in [4.69, 9.17) is 5.73 Å². The molecular formula is C9H16N4OS. The molecule has 0 aliphatic rings. The van der Waals surface area contributed by atoms with E-state index in [9.17, 15) is 4.79 Å². The lowest BCUT2D eigenvalue weighted by Gasteiger charge is -2.08. The third kappa shape index (κ3) is 3.93. The summed E-state index contributed by atoms with van der Waals surface area (Å²) in [5.74, 6) is 0.641. The highest BCUT2D eigenvalue weighted by atomic mass is 32.1. The minimum Gasteiger partial charge on any atom is -0.330 e. The van der Waals surface area contributed by atoms with Gasteiger partial charge in [0.1, 0.15) is 5.82 Å². The third-order valence-corrected chi connectivity index (χ3v) is 2.77. The first-order valence-electron chi connectivity index (χ1n) is 4.94. The summed E-state index contributed by atoms with van der Waals surface area (Å²) in [5.41, 5.74) is 5.38. The molecule has 0 saturated carbocycles. The first-order chi connectivity index (χ1) is 7.13. The van der Waals surface area contributed by atoms with Gasteiger partial charge in [-0.1, -0.05) is 6.92 Å². The van der Waals surface area contributed by atoms with Gasteiger partial charge in [-0.25, -0.2) is 4.98 Å². The van der Waals surface area contributed by atoms with Crippen LogP contribution in [0.2, 0.25) is 0 Å². The van der Waals surface area contributed by atoms with Gasteiger partial charge < -0.3 is 11.1 Å². The Kier molecular flexibility index (Phi) is 4.64. The van der Waals surface area contributed by atoms with Crippen LogP contribution in [0.5, 0.6) is 0 Å². The summed E-state index contributed by atoms with van der Waals surface area (Å²) < 4.78 is 3.99. The summed E-state index contributed by atoms with van der Waals surface area (Å²) in [6.07, 6.45) is 1.67. The van der Waals surface area contributed by atoms with Gasteiger partial charge in [-0.05, 0) is 26.3 Å². The number of rotatable bonds is 5. The summed E-state index contributed by atoms with van der Waals surface area (Å²) in [4.78, 5) is 15.7. The van der Waals surface area contributed by atoms with E-state index in [0.29, 0.717) is 17.5 Å². The summed E-state index contributed by atoms with van der Waals surface area (Å²) >= 11 is 1.20. The van der Waals surface area contributed by atoms with E-state index in [2.05, 4.69) is 14.7 Å². The lowest BCUT2D eigenvalue weighted by molar-refractivity contribution is -0.119. The van der Waals surface area contributed by atoms with E-state index >= 15 is 0 Å². The molecule has 0 fully saturated rings.